The second kappa shape index (κ2) is 8.48. The molecule has 0 spiro atoms. The second-order valence-electron chi connectivity index (χ2n) is 6.77. The van der Waals surface area contributed by atoms with Crippen molar-refractivity contribution in [2.75, 3.05) is 5.32 Å². The number of rotatable bonds is 7. The summed E-state index contributed by atoms with van der Waals surface area (Å²) in [5, 5.41) is 2.93. The fourth-order valence-corrected chi connectivity index (χ4v) is 3.87. The number of aryl methyl sites for hydroxylation is 1. The Balaban J connectivity index is 1.69. The summed E-state index contributed by atoms with van der Waals surface area (Å²) in [5.74, 6) is -1.11. The van der Waals surface area contributed by atoms with Gasteiger partial charge in [0.15, 0.2) is 6.10 Å². The smallest absolute Gasteiger partial charge is 0.339 e. The van der Waals surface area contributed by atoms with Crippen LogP contribution >= 0.6 is 11.6 Å². The van der Waals surface area contributed by atoms with Crippen molar-refractivity contribution in [3.8, 4) is 0 Å². The summed E-state index contributed by atoms with van der Waals surface area (Å²) in [7, 11) is -3.71. The van der Waals surface area contributed by atoms with Crippen LogP contribution in [0.1, 0.15) is 35.7 Å². The van der Waals surface area contributed by atoms with Crippen molar-refractivity contribution < 1.29 is 22.7 Å². The Bertz CT molecular complexity index is 1040. The number of hydrogen-bond acceptors (Lipinski definition) is 6. The molecule has 1 aromatic heterocycles. The maximum absolute atomic E-state index is 12.5. The molecule has 1 aromatic carbocycles. The zero-order valence-corrected chi connectivity index (χ0v) is 17.4. The fraction of sp³-hybridized carbons (Fsp3) is 0.316. The molecule has 0 saturated heterocycles. The maximum atomic E-state index is 12.5. The van der Waals surface area contributed by atoms with E-state index >= 15 is 0 Å². The Morgan fingerprint density at radius 3 is 2.59 bits per heavy atom. The van der Waals surface area contributed by atoms with E-state index in [-0.39, 0.29) is 22.3 Å². The lowest BCUT2D eigenvalue weighted by atomic mass is 10.1. The number of carbonyl (C=O) groups excluding carboxylic acids is 2. The van der Waals surface area contributed by atoms with E-state index in [1.165, 1.54) is 37.4 Å². The van der Waals surface area contributed by atoms with Crippen LogP contribution in [-0.4, -0.2) is 37.4 Å². The number of anilines is 1. The standard InChI is InChI=1S/C19H20ClN3O5S/c1-11-3-7-15(29(26,27)23-14-5-6-14)9-16(11)19(25)28-12(2)18(24)22-17-8-4-13(20)10-21-17/h3-4,7-10,12,14,23H,5-6H2,1-2H3,(H,21,22,24). The molecule has 2 N–H and O–H groups in total. The molecule has 8 nitrogen and oxygen atoms in total. The normalized spacial score (nSPS) is 14.9. The van der Waals surface area contributed by atoms with Gasteiger partial charge in [-0.25, -0.2) is 22.9 Å². The van der Waals surface area contributed by atoms with Gasteiger partial charge in [-0.15, -0.1) is 0 Å². The minimum atomic E-state index is -3.71. The van der Waals surface area contributed by atoms with E-state index in [0.717, 1.165) is 12.8 Å². The van der Waals surface area contributed by atoms with Crippen LogP contribution in [0.4, 0.5) is 5.82 Å². The number of pyridine rings is 1. The van der Waals surface area contributed by atoms with Gasteiger partial charge in [-0.05, 0) is 56.5 Å². The van der Waals surface area contributed by atoms with Crippen LogP contribution < -0.4 is 10.0 Å². The minimum Gasteiger partial charge on any atom is -0.449 e. The predicted molar refractivity (Wildman–Crippen MR) is 107 cm³/mol. The number of nitrogens with one attached hydrogen (secondary N) is 2. The number of halogens is 1. The van der Waals surface area contributed by atoms with Crippen LogP contribution in [0.15, 0.2) is 41.4 Å². The first-order valence-corrected chi connectivity index (χ1v) is 10.8. The third kappa shape index (κ3) is 5.53. The Kier molecular flexibility index (Phi) is 6.21. The largest absolute Gasteiger partial charge is 0.449 e. The average molecular weight is 438 g/mol. The first-order chi connectivity index (χ1) is 13.7. The molecular weight excluding hydrogens is 418 g/mol. The van der Waals surface area contributed by atoms with E-state index in [1.807, 2.05) is 0 Å². The van der Waals surface area contributed by atoms with Crippen LogP contribution in [-0.2, 0) is 19.6 Å². The summed E-state index contributed by atoms with van der Waals surface area (Å²) in [6.45, 7) is 3.07. The van der Waals surface area contributed by atoms with Crippen LogP contribution in [0.5, 0.6) is 0 Å². The number of carbonyl (C=O) groups is 2. The number of hydrogen-bond donors (Lipinski definition) is 2. The van der Waals surface area contributed by atoms with Gasteiger partial charge in [-0.2, -0.15) is 0 Å². The monoisotopic (exact) mass is 437 g/mol. The summed E-state index contributed by atoms with van der Waals surface area (Å²) in [5.41, 5.74) is 0.611. The van der Waals surface area contributed by atoms with Gasteiger partial charge in [0.1, 0.15) is 5.82 Å². The van der Waals surface area contributed by atoms with Crippen molar-refractivity contribution in [2.24, 2.45) is 0 Å². The van der Waals surface area contributed by atoms with Gasteiger partial charge in [0.05, 0.1) is 15.5 Å². The zero-order valence-electron chi connectivity index (χ0n) is 15.8. The highest BCUT2D eigenvalue weighted by atomic mass is 35.5. The first-order valence-electron chi connectivity index (χ1n) is 8.92. The van der Waals surface area contributed by atoms with Gasteiger partial charge < -0.3 is 10.1 Å². The van der Waals surface area contributed by atoms with Crippen LogP contribution in [0.25, 0.3) is 0 Å². The molecule has 1 atom stereocenters. The lowest BCUT2D eigenvalue weighted by Crippen LogP contribution is -2.30. The molecule has 1 saturated carbocycles. The van der Waals surface area contributed by atoms with E-state index in [4.69, 9.17) is 16.3 Å². The number of benzene rings is 1. The number of amides is 1. The summed E-state index contributed by atoms with van der Waals surface area (Å²) in [6.07, 6.45) is 1.85. The lowest BCUT2D eigenvalue weighted by molar-refractivity contribution is -0.123. The van der Waals surface area contributed by atoms with E-state index in [1.54, 1.807) is 13.0 Å². The van der Waals surface area contributed by atoms with Crippen molar-refractivity contribution in [3.05, 3.63) is 52.7 Å². The van der Waals surface area contributed by atoms with E-state index < -0.39 is 28.0 Å². The summed E-state index contributed by atoms with van der Waals surface area (Å²) in [4.78, 5) is 28.7. The van der Waals surface area contributed by atoms with Crippen LogP contribution in [0.2, 0.25) is 5.02 Å². The molecule has 1 unspecified atom stereocenters. The molecule has 1 aliphatic rings. The molecule has 1 fully saturated rings. The fourth-order valence-electron chi connectivity index (χ4n) is 2.43. The quantitative estimate of drug-likeness (QED) is 0.643. The van der Waals surface area contributed by atoms with E-state index in [0.29, 0.717) is 10.6 Å². The van der Waals surface area contributed by atoms with Gasteiger partial charge in [0.2, 0.25) is 10.0 Å². The molecule has 3 rings (SSSR count). The van der Waals surface area contributed by atoms with Crippen molar-refractivity contribution in [1.82, 2.24) is 9.71 Å². The van der Waals surface area contributed by atoms with Crippen molar-refractivity contribution in [2.45, 2.75) is 43.7 Å². The summed E-state index contributed by atoms with van der Waals surface area (Å²) >= 11 is 5.75. The third-order valence-electron chi connectivity index (χ3n) is 4.27. The van der Waals surface area contributed by atoms with Crippen molar-refractivity contribution in [3.63, 3.8) is 0 Å². The zero-order chi connectivity index (χ0) is 21.2. The average Bonchev–Trinajstić information content (AvgIpc) is 3.46. The number of esters is 1. The summed E-state index contributed by atoms with van der Waals surface area (Å²) in [6, 6.07) is 7.24. The third-order valence-corrected chi connectivity index (χ3v) is 6.01. The lowest BCUT2D eigenvalue weighted by Gasteiger charge is -2.15. The molecule has 1 amide bonds. The van der Waals surface area contributed by atoms with Crippen molar-refractivity contribution >= 4 is 39.3 Å². The number of nitrogens with zero attached hydrogens (tertiary/aromatic N) is 1. The van der Waals surface area contributed by atoms with E-state index in [9.17, 15) is 18.0 Å². The first kappa shape index (κ1) is 21.2. The highest BCUT2D eigenvalue weighted by molar-refractivity contribution is 7.89. The van der Waals surface area contributed by atoms with Crippen LogP contribution in [0.3, 0.4) is 0 Å². The summed E-state index contributed by atoms with van der Waals surface area (Å²) < 4.78 is 32.5. The molecule has 1 heterocycles. The van der Waals surface area contributed by atoms with E-state index in [2.05, 4.69) is 15.0 Å². The molecule has 0 radical (unpaired) electrons. The Hall–Kier alpha value is -2.49. The molecule has 29 heavy (non-hydrogen) atoms. The topological polar surface area (TPSA) is 114 Å². The van der Waals surface area contributed by atoms with Gasteiger partial charge >= 0.3 is 5.97 Å². The van der Waals surface area contributed by atoms with Crippen LogP contribution in [0, 0.1) is 6.92 Å². The van der Waals surface area contributed by atoms with Gasteiger partial charge in [0.25, 0.3) is 5.91 Å². The Morgan fingerprint density at radius 2 is 1.97 bits per heavy atom. The highest BCUT2D eigenvalue weighted by Gasteiger charge is 2.29. The predicted octanol–water partition coefficient (Wildman–Crippen LogP) is 2.67. The molecular formula is C19H20ClN3O5S. The number of ether oxygens (including phenoxy) is 1. The second-order valence-corrected chi connectivity index (χ2v) is 8.92. The molecule has 0 aliphatic heterocycles. The van der Waals surface area contributed by atoms with Crippen molar-refractivity contribution in [1.29, 1.82) is 0 Å². The molecule has 0 bridgehead atoms. The highest BCUT2D eigenvalue weighted by Crippen LogP contribution is 2.23. The number of aromatic nitrogens is 1. The molecule has 2 aromatic rings. The molecule has 1 aliphatic carbocycles. The Labute approximate surface area is 173 Å². The maximum Gasteiger partial charge on any atom is 0.339 e. The SMILES string of the molecule is Cc1ccc(S(=O)(=O)NC2CC2)cc1C(=O)OC(C)C(=O)Nc1ccc(Cl)cn1. The van der Waals surface area contributed by atoms with Gasteiger partial charge in [-0.3, -0.25) is 4.79 Å². The Morgan fingerprint density at radius 1 is 1.24 bits per heavy atom. The number of sulfonamides is 1. The molecule has 10 heteroatoms. The minimum absolute atomic E-state index is 0.0237. The van der Waals surface area contributed by atoms with Gasteiger partial charge in [0, 0.05) is 12.2 Å². The molecule has 154 valence electrons. The van der Waals surface area contributed by atoms with Gasteiger partial charge in [-0.1, -0.05) is 17.7 Å².